The van der Waals surface area contributed by atoms with Crippen LogP contribution in [0.4, 0.5) is 5.69 Å². The van der Waals surface area contributed by atoms with Crippen molar-refractivity contribution in [2.75, 3.05) is 0 Å². The van der Waals surface area contributed by atoms with E-state index in [2.05, 4.69) is 0 Å². The van der Waals surface area contributed by atoms with Crippen molar-refractivity contribution in [2.24, 2.45) is 0 Å². The molecule has 0 aromatic heterocycles. The topological polar surface area (TPSA) is 78.7 Å². The fourth-order valence-electron chi connectivity index (χ4n) is 2.39. The fourth-order valence-corrected chi connectivity index (χ4v) is 2.53. The van der Waals surface area contributed by atoms with Gasteiger partial charge in [0.2, 0.25) is 11.4 Å². The molecule has 7 heteroatoms. The lowest BCUT2D eigenvalue weighted by molar-refractivity contribution is -0.386. The first-order valence-corrected chi connectivity index (χ1v) is 7.19. The maximum atomic E-state index is 12.0. The van der Waals surface area contributed by atoms with Crippen LogP contribution in [-0.4, -0.2) is 10.2 Å². The Morgan fingerprint density at radius 3 is 2.52 bits per heavy atom. The van der Waals surface area contributed by atoms with Crippen LogP contribution in [0.15, 0.2) is 42.5 Å². The number of carbonyl (C=O) groups excluding carboxylic acids is 1. The number of ether oxygens (including phenoxy) is 2. The Bertz CT molecular complexity index is 793. The number of nitro groups is 1. The number of nitrogens with zero attached hydrogens (tertiary/aromatic N) is 1. The summed E-state index contributed by atoms with van der Waals surface area (Å²) in [6.07, 6.45) is 0. The summed E-state index contributed by atoms with van der Waals surface area (Å²) >= 11 is 5.76. The second kappa shape index (κ2) is 5.55. The third kappa shape index (κ3) is 2.51. The Labute approximate surface area is 136 Å². The lowest BCUT2D eigenvalue weighted by Crippen LogP contribution is -2.36. The lowest BCUT2D eigenvalue weighted by atomic mass is 9.96. The summed E-state index contributed by atoms with van der Waals surface area (Å²) in [5, 5.41) is 10.3. The molecule has 0 saturated heterocycles. The summed E-state index contributed by atoms with van der Waals surface area (Å²) in [6, 6.07) is 11.6. The number of carbonyl (C=O) groups is 1. The number of hydrogen-bond donors (Lipinski definition) is 0. The molecule has 2 aromatic carbocycles. The molecular weight excluding hydrogens is 322 g/mol. The Balaban J connectivity index is 2.02. The first kappa shape index (κ1) is 15.3. The fraction of sp³-hybridized carbons (Fsp3) is 0.188. The zero-order valence-electron chi connectivity index (χ0n) is 12.1. The van der Waals surface area contributed by atoms with E-state index in [0.29, 0.717) is 16.9 Å². The molecule has 0 aliphatic carbocycles. The van der Waals surface area contributed by atoms with Gasteiger partial charge < -0.3 is 9.47 Å². The summed E-state index contributed by atoms with van der Waals surface area (Å²) in [5.74, 6) is 0.516. The highest BCUT2D eigenvalue weighted by Gasteiger charge is 2.39. The molecule has 1 aliphatic heterocycles. The van der Waals surface area contributed by atoms with Gasteiger partial charge in [-0.3, -0.25) is 14.9 Å². The van der Waals surface area contributed by atoms with Crippen LogP contribution < -0.4 is 9.47 Å². The van der Waals surface area contributed by atoms with Crippen molar-refractivity contribution in [3.8, 4) is 11.5 Å². The van der Waals surface area contributed by atoms with Gasteiger partial charge in [0.15, 0.2) is 0 Å². The van der Waals surface area contributed by atoms with Gasteiger partial charge in [-0.1, -0.05) is 30.3 Å². The molecule has 118 valence electrons. The van der Waals surface area contributed by atoms with Crippen LogP contribution in [0, 0.1) is 10.1 Å². The highest BCUT2D eigenvalue weighted by Crippen LogP contribution is 2.46. The minimum absolute atomic E-state index is 0.128. The second-order valence-electron chi connectivity index (χ2n) is 5.21. The van der Waals surface area contributed by atoms with Crippen molar-refractivity contribution in [2.45, 2.75) is 19.1 Å². The summed E-state index contributed by atoms with van der Waals surface area (Å²) < 4.78 is 11.0. The zero-order chi connectivity index (χ0) is 16.6. The third-order valence-corrected chi connectivity index (χ3v) is 4.13. The van der Waals surface area contributed by atoms with Crippen molar-refractivity contribution in [1.82, 2.24) is 0 Å². The standard InChI is InChI=1S/C16H12ClNO5/c1-16(15(17)19,10-5-3-2-4-6-10)23-13-8-7-12(18(20)21)14-11(13)9-22-14/h2-8H,9H2,1H3. The van der Waals surface area contributed by atoms with Gasteiger partial charge in [-0.05, 0) is 24.6 Å². The van der Waals surface area contributed by atoms with Crippen molar-refractivity contribution < 1.29 is 19.2 Å². The van der Waals surface area contributed by atoms with Crippen LogP contribution in [0.5, 0.6) is 11.5 Å². The van der Waals surface area contributed by atoms with Crippen LogP contribution in [0.2, 0.25) is 0 Å². The van der Waals surface area contributed by atoms with Crippen LogP contribution in [0.25, 0.3) is 0 Å². The molecule has 0 fully saturated rings. The molecule has 6 nitrogen and oxygen atoms in total. The molecule has 3 rings (SSSR count). The summed E-state index contributed by atoms with van der Waals surface area (Å²) in [4.78, 5) is 22.4. The zero-order valence-corrected chi connectivity index (χ0v) is 12.9. The largest absolute Gasteiger partial charge is 0.481 e. The monoisotopic (exact) mass is 333 g/mol. The van der Waals surface area contributed by atoms with E-state index in [4.69, 9.17) is 21.1 Å². The minimum atomic E-state index is -1.40. The second-order valence-corrected chi connectivity index (χ2v) is 5.55. The maximum Gasteiger partial charge on any atom is 0.311 e. The Morgan fingerprint density at radius 1 is 1.30 bits per heavy atom. The first-order valence-electron chi connectivity index (χ1n) is 6.81. The molecule has 0 N–H and O–H groups in total. The van der Waals surface area contributed by atoms with Crippen LogP contribution in [0.1, 0.15) is 18.1 Å². The average Bonchev–Trinajstić information content (AvgIpc) is 2.49. The van der Waals surface area contributed by atoms with E-state index in [1.165, 1.54) is 12.1 Å². The minimum Gasteiger partial charge on any atom is -0.481 e. The molecule has 0 radical (unpaired) electrons. The Morgan fingerprint density at radius 2 is 2.00 bits per heavy atom. The van der Waals surface area contributed by atoms with E-state index in [1.54, 1.807) is 31.2 Å². The number of nitro benzene ring substituents is 1. The molecule has 0 saturated carbocycles. The molecule has 1 unspecified atom stereocenters. The molecule has 0 amide bonds. The number of halogens is 1. The quantitative estimate of drug-likeness (QED) is 0.475. The van der Waals surface area contributed by atoms with Gasteiger partial charge >= 0.3 is 5.69 Å². The van der Waals surface area contributed by atoms with Crippen LogP contribution in [-0.2, 0) is 17.0 Å². The lowest BCUT2D eigenvalue weighted by Gasteiger charge is -2.31. The van der Waals surface area contributed by atoms with E-state index < -0.39 is 15.8 Å². The summed E-state index contributed by atoms with van der Waals surface area (Å²) in [6.45, 7) is 1.75. The van der Waals surface area contributed by atoms with E-state index in [0.717, 1.165) is 0 Å². The molecule has 0 bridgehead atoms. The number of rotatable bonds is 5. The first-order chi connectivity index (χ1) is 10.9. The molecule has 2 aromatic rings. The van der Waals surface area contributed by atoms with E-state index in [1.807, 2.05) is 6.07 Å². The van der Waals surface area contributed by atoms with Crippen molar-refractivity contribution >= 4 is 22.5 Å². The van der Waals surface area contributed by atoms with E-state index >= 15 is 0 Å². The summed E-state index contributed by atoms with van der Waals surface area (Å²) in [7, 11) is 0. The number of fused-ring (bicyclic) bond motifs is 1. The highest BCUT2D eigenvalue weighted by atomic mass is 35.5. The SMILES string of the molecule is CC(Oc1ccc([N+](=O)[O-])c2c1CO2)(C(=O)Cl)c1ccccc1. The van der Waals surface area contributed by atoms with E-state index in [9.17, 15) is 14.9 Å². The summed E-state index contributed by atoms with van der Waals surface area (Å²) in [5.41, 5.74) is -0.383. The number of benzene rings is 2. The van der Waals surface area contributed by atoms with Gasteiger partial charge in [-0.2, -0.15) is 0 Å². The molecular formula is C16H12ClNO5. The van der Waals surface area contributed by atoms with Gasteiger partial charge in [-0.25, -0.2) is 0 Å². The van der Waals surface area contributed by atoms with Gasteiger partial charge in [0.1, 0.15) is 12.4 Å². The van der Waals surface area contributed by atoms with Gasteiger partial charge in [0, 0.05) is 11.6 Å². The Kier molecular flexibility index (Phi) is 3.69. The highest BCUT2D eigenvalue weighted by molar-refractivity contribution is 6.65. The predicted octanol–water partition coefficient (Wildman–Crippen LogP) is 3.55. The van der Waals surface area contributed by atoms with Crippen LogP contribution >= 0.6 is 11.6 Å². The van der Waals surface area contributed by atoms with Crippen molar-refractivity contribution in [3.63, 3.8) is 0 Å². The van der Waals surface area contributed by atoms with Gasteiger partial charge in [0.25, 0.3) is 5.24 Å². The van der Waals surface area contributed by atoms with Crippen LogP contribution in [0.3, 0.4) is 0 Å². The van der Waals surface area contributed by atoms with Crippen molar-refractivity contribution in [1.29, 1.82) is 0 Å². The average molecular weight is 334 g/mol. The predicted molar refractivity (Wildman–Crippen MR) is 82.7 cm³/mol. The molecule has 1 atom stereocenters. The van der Waals surface area contributed by atoms with Crippen molar-refractivity contribution in [3.05, 3.63) is 63.7 Å². The number of hydrogen-bond acceptors (Lipinski definition) is 5. The molecule has 23 heavy (non-hydrogen) atoms. The maximum absolute atomic E-state index is 12.0. The van der Waals surface area contributed by atoms with Gasteiger partial charge in [-0.15, -0.1) is 0 Å². The van der Waals surface area contributed by atoms with Gasteiger partial charge in [0.05, 0.1) is 10.5 Å². The molecule has 0 spiro atoms. The van der Waals surface area contributed by atoms with E-state index in [-0.39, 0.29) is 18.0 Å². The molecule has 1 aliphatic rings. The Hall–Kier alpha value is -2.60. The smallest absolute Gasteiger partial charge is 0.311 e. The third-order valence-electron chi connectivity index (χ3n) is 3.77. The normalized spacial score (nSPS) is 14.7. The molecule has 1 heterocycles.